The van der Waals surface area contributed by atoms with Crippen LogP contribution in [0.25, 0.3) is 0 Å². The first kappa shape index (κ1) is 13.7. The van der Waals surface area contributed by atoms with Crippen LogP contribution in [0.4, 0.5) is 20.3 Å². The van der Waals surface area contributed by atoms with E-state index in [0.29, 0.717) is 5.69 Å². The lowest BCUT2D eigenvalue weighted by molar-refractivity contribution is -0.0498. The fourth-order valence-electron chi connectivity index (χ4n) is 1.23. The molecule has 100 valence electrons. The van der Waals surface area contributed by atoms with Crippen LogP contribution in [0.15, 0.2) is 24.3 Å². The Balaban J connectivity index is 2.13. The quantitative estimate of drug-likeness (QED) is 0.936. The van der Waals surface area contributed by atoms with E-state index in [9.17, 15) is 8.78 Å². The van der Waals surface area contributed by atoms with Crippen molar-refractivity contribution >= 4 is 34.7 Å². The maximum absolute atomic E-state index is 12.0. The van der Waals surface area contributed by atoms with Crippen LogP contribution < -0.4 is 10.1 Å². The Labute approximate surface area is 116 Å². The van der Waals surface area contributed by atoms with E-state index in [-0.39, 0.29) is 22.0 Å². The highest BCUT2D eigenvalue weighted by Crippen LogP contribution is 2.23. The molecule has 0 aliphatic carbocycles. The summed E-state index contributed by atoms with van der Waals surface area (Å²) in [5, 5.41) is 9.82. The lowest BCUT2D eigenvalue weighted by atomic mass is 10.3. The van der Waals surface area contributed by atoms with Crippen molar-refractivity contribution < 1.29 is 13.5 Å². The van der Waals surface area contributed by atoms with Crippen molar-refractivity contribution in [1.29, 1.82) is 0 Å². The number of anilines is 2. The summed E-state index contributed by atoms with van der Waals surface area (Å²) in [6.07, 6.45) is 0. The molecule has 0 saturated carbocycles. The molecule has 9 heteroatoms. The standard InChI is InChI=1S/C10H6Cl2F2N4O/c11-7-8(16-9(12)18-17-7)15-5-1-3-6(4-2-5)19-10(13)14/h1-4,10H,(H,15,16,18). The van der Waals surface area contributed by atoms with Gasteiger partial charge in [0.15, 0.2) is 11.0 Å². The van der Waals surface area contributed by atoms with Crippen LogP contribution in [-0.4, -0.2) is 21.8 Å². The second kappa shape index (κ2) is 5.94. The van der Waals surface area contributed by atoms with E-state index in [1.165, 1.54) is 24.3 Å². The zero-order valence-corrected chi connectivity index (χ0v) is 10.7. The van der Waals surface area contributed by atoms with Crippen molar-refractivity contribution in [3.05, 3.63) is 34.7 Å². The van der Waals surface area contributed by atoms with Gasteiger partial charge in [-0.05, 0) is 35.9 Å². The Morgan fingerprint density at radius 1 is 1.11 bits per heavy atom. The fraction of sp³-hybridized carbons (Fsp3) is 0.100. The Hall–Kier alpha value is -1.73. The molecule has 5 nitrogen and oxygen atoms in total. The van der Waals surface area contributed by atoms with Crippen molar-refractivity contribution in [1.82, 2.24) is 15.2 Å². The normalized spacial score (nSPS) is 10.6. The van der Waals surface area contributed by atoms with E-state index >= 15 is 0 Å². The Kier molecular flexibility index (Phi) is 4.28. The van der Waals surface area contributed by atoms with Crippen LogP contribution in [-0.2, 0) is 0 Å². The molecule has 1 N–H and O–H groups in total. The van der Waals surface area contributed by atoms with E-state index in [0.717, 1.165) is 0 Å². The van der Waals surface area contributed by atoms with Gasteiger partial charge in [0.1, 0.15) is 5.75 Å². The SMILES string of the molecule is FC(F)Oc1ccc(Nc2nc(Cl)nnc2Cl)cc1. The van der Waals surface area contributed by atoms with Gasteiger partial charge in [0.05, 0.1) is 0 Å². The van der Waals surface area contributed by atoms with Crippen LogP contribution in [0.3, 0.4) is 0 Å². The number of nitrogens with one attached hydrogen (secondary N) is 1. The largest absolute Gasteiger partial charge is 0.435 e. The van der Waals surface area contributed by atoms with Crippen molar-refractivity contribution in [3.63, 3.8) is 0 Å². The third-order valence-electron chi connectivity index (χ3n) is 1.96. The third kappa shape index (κ3) is 3.87. The average Bonchev–Trinajstić information content (AvgIpc) is 2.35. The summed E-state index contributed by atoms with van der Waals surface area (Å²) in [6.45, 7) is -2.86. The van der Waals surface area contributed by atoms with Crippen LogP contribution in [0.1, 0.15) is 0 Å². The van der Waals surface area contributed by atoms with Gasteiger partial charge in [-0.25, -0.2) is 0 Å². The molecule has 1 aromatic carbocycles. The molecule has 0 radical (unpaired) electrons. The number of ether oxygens (including phenoxy) is 1. The lowest BCUT2D eigenvalue weighted by Gasteiger charge is -2.08. The van der Waals surface area contributed by atoms with Gasteiger partial charge in [-0.2, -0.15) is 13.8 Å². The zero-order valence-electron chi connectivity index (χ0n) is 9.15. The van der Waals surface area contributed by atoms with Crippen LogP contribution in [0.5, 0.6) is 5.75 Å². The van der Waals surface area contributed by atoms with Gasteiger partial charge < -0.3 is 10.1 Å². The molecule has 1 aromatic heterocycles. The fourth-order valence-corrected chi connectivity index (χ4v) is 1.48. The van der Waals surface area contributed by atoms with Gasteiger partial charge in [0.2, 0.25) is 5.28 Å². The molecule has 0 aliphatic rings. The number of rotatable bonds is 4. The van der Waals surface area contributed by atoms with E-state index in [4.69, 9.17) is 23.2 Å². The number of halogens is 4. The molecule has 0 bridgehead atoms. The summed E-state index contributed by atoms with van der Waals surface area (Å²) >= 11 is 11.3. The Morgan fingerprint density at radius 2 is 1.79 bits per heavy atom. The molecule has 0 unspecified atom stereocenters. The van der Waals surface area contributed by atoms with Crippen molar-refractivity contribution in [2.75, 3.05) is 5.32 Å². The number of nitrogens with zero attached hydrogens (tertiary/aromatic N) is 3. The van der Waals surface area contributed by atoms with Crippen LogP contribution in [0, 0.1) is 0 Å². The minimum absolute atomic E-state index is 0.0392. The molecule has 0 saturated heterocycles. The number of alkyl halides is 2. The predicted octanol–water partition coefficient (Wildman–Crippen LogP) is 3.52. The summed E-state index contributed by atoms with van der Waals surface area (Å²) in [7, 11) is 0. The molecule has 0 spiro atoms. The molecule has 0 fully saturated rings. The first-order valence-corrected chi connectivity index (χ1v) is 5.68. The van der Waals surface area contributed by atoms with Gasteiger partial charge in [-0.1, -0.05) is 11.6 Å². The van der Waals surface area contributed by atoms with E-state index < -0.39 is 6.61 Å². The molecule has 1 heterocycles. The number of hydrogen-bond acceptors (Lipinski definition) is 5. The second-order valence-electron chi connectivity index (χ2n) is 3.25. The first-order chi connectivity index (χ1) is 9.04. The highest BCUT2D eigenvalue weighted by atomic mass is 35.5. The lowest BCUT2D eigenvalue weighted by Crippen LogP contribution is -2.02. The van der Waals surface area contributed by atoms with Crippen molar-refractivity contribution in [2.24, 2.45) is 0 Å². The van der Waals surface area contributed by atoms with E-state index in [1.54, 1.807) is 0 Å². The van der Waals surface area contributed by atoms with Gasteiger partial charge >= 0.3 is 6.61 Å². The molecule has 0 amide bonds. The van der Waals surface area contributed by atoms with E-state index in [1.807, 2.05) is 0 Å². The summed E-state index contributed by atoms with van der Waals surface area (Å²) in [5.41, 5.74) is 0.556. The molecular weight excluding hydrogens is 301 g/mol. The average molecular weight is 307 g/mol. The van der Waals surface area contributed by atoms with Gasteiger partial charge in [0.25, 0.3) is 0 Å². The Bertz CT molecular complexity index is 568. The molecule has 0 atom stereocenters. The maximum atomic E-state index is 12.0. The second-order valence-corrected chi connectivity index (χ2v) is 3.94. The van der Waals surface area contributed by atoms with E-state index in [2.05, 4.69) is 25.2 Å². The minimum Gasteiger partial charge on any atom is -0.435 e. The topological polar surface area (TPSA) is 59.9 Å². The third-order valence-corrected chi connectivity index (χ3v) is 2.38. The van der Waals surface area contributed by atoms with Gasteiger partial charge in [-0.3, -0.25) is 0 Å². The van der Waals surface area contributed by atoms with Crippen LogP contribution in [0.2, 0.25) is 10.4 Å². The summed E-state index contributed by atoms with van der Waals surface area (Å²) in [5.74, 6) is 0.259. The smallest absolute Gasteiger partial charge is 0.387 e. The number of aromatic nitrogens is 3. The monoisotopic (exact) mass is 306 g/mol. The van der Waals surface area contributed by atoms with Gasteiger partial charge in [-0.15, -0.1) is 10.2 Å². The van der Waals surface area contributed by atoms with Crippen molar-refractivity contribution in [2.45, 2.75) is 6.61 Å². The summed E-state index contributed by atoms with van der Waals surface area (Å²) in [4.78, 5) is 3.84. The number of benzene rings is 1. The maximum Gasteiger partial charge on any atom is 0.387 e. The summed E-state index contributed by atoms with van der Waals surface area (Å²) < 4.78 is 28.2. The Morgan fingerprint density at radius 3 is 2.42 bits per heavy atom. The minimum atomic E-state index is -2.86. The molecule has 2 aromatic rings. The first-order valence-electron chi connectivity index (χ1n) is 4.92. The highest BCUT2D eigenvalue weighted by Gasteiger charge is 2.07. The molecule has 19 heavy (non-hydrogen) atoms. The predicted molar refractivity (Wildman–Crippen MR) is 66.2 cm³/mol. The summed E-state index contributed by atoms with van der Waals surface area (Å²) in [6, 6.07) is 5.78. The van der Waals surface area contributed by atoms with Crippen molar-refractivity contribution in [3.8, 4) is 5.75 Å². The zero-order chi connectivity index (χ0) is 13.8. The van der Waals surface area contributed by atoms with Crippen LogP contribution >= 0.6 is 23.2 Å². The number of hydrogen-bond donors (Lipinski definition) is 1. The molecule has 0 aliphatic heterocycles. The molecular formula is C10H6Cl2F2N4O. The van der Waals surface area contributed by atoms with Gasteiger partial charge in [0, 0.05) is 5.69 Å². The molecule has 2 rings (SSSR count). The highest BCUT2D eigenvalue weighted by molar-refractivity contribution is 6.32.